The van der Waals surface area contributed by atoms with E-state index in [2.05, 4.69) is 34.5 Å². The Bertz CT molecular complexity index is 760. The van der Waals surface area contributed by atoms with Crippen molar-refractivity contribution in [2.24, 2.45) is 0 Å². The van der Waals surface area contributed by atoms with Crippen molar-refractivity contribution in [1.29, 1.82) is 0 Å². The van der Waals surface area contributed by atoms with Crippen LogP contribution in [0.5, 0.6) is 0 Å². The van der Waals surface area contributed by atoms with Crippen molar-refractivity contribution in [3.05, 3.63) is 22.5 Å². The molecule has 0 spiro atoms. The first-order chi connectivity index (χ1) is 11.5. The molecule has 1 amide bonds. The SMILES string of the molecule is CC1(C)CCc2sc(NC(=O)c3cn(C4CCOCC4)nn3)nc21. The van der Waals surface area contributed by atoms with Crippen LogP contribution in [0.1, 0.15) is 60.2 Å². The van der Waals surface area contributed by atoms with Gasteiger partial charge in [0, 0.05) is 23.5 Å². The van der Waals surface area contributed by atoms with Gasteiger partial charge in [0.2, 0.25) is 0 Å². The van der Waals surface area contributed by atoms with E-state index in [0.29, 0.717) is 10.8 Å². The number of aryl methyl sites for hydroxylation is 1. The number of carbonyl (C=O) groups excluding carboxylic acids is 1. The van der Waals surface area contributed by atoms with Gasteiger partial charge in [-0.3, -0.25) is 10.1 Å². The van der Waals surface area contributed by atoms with Gasteiger partial charge in [0.15, 0.2) is 10.8 Å². The van der Waals surface area contributed by atoms with E-state index >= 15 is 0 Å². The number of hydrogen-bond acceptors (Lipinski definition) is 6. The first-order valence-electron chi connectivity index (χ1n) is 8.34. The second kappa shape index (κ2) is 5.93. The highest BCUT2D eigenvalue weighted by atomic mass is 32.1. The zero-order chi connectivity index (χ0) is 16.7. The molecule has 4 rings (SSSR count). The average molecular weight is 347 g/mol. The molecule has 2 aromatic rings. The average Bonchev–Trinajstić information content (AvgIpc) is 3.26. The summed E-state index contributed by atoms with van der Waals surface area (Å²) < 4.78 is 7.13. The molecule has 0 bridgehead atoms. The Hall–Kier alpha value is -1.80. The Morgan fingerprint density at radius 2 is 2.21 bits per heavy atom. The molecule has 1 saturated heterocycles. The van der Waals surface area contributed by atoms with Crippen molar-refractivity contribution < 1.29 is 9.53 Å². The van der Waals surface area contributed by atoms with E-state index in [1.165, 1.54) is 4.88 Å². The Balaban J connectivity index is 1.46. The van der Waals surface area contributed by atoms with Gasteiger partial charge in [-0.2, -0.15) is 0 Å². The summed E-state index contributed by atoms with van der Waals surface area (Å²) >= 11 is 1.57. The van der Waals surface area contributed by atoms with E-state index < -0.39 is 0 Å². The largest absolute Gasteiger partial charge is 0.381 e. The Morgan fingerprint density at radius 3 is 2.96 bits per heavy atom. The number of fused-ring (bicyclic) bond motifs is 1. The van der Waals surface area contributed by atoms with Crippen LogP contribution in [0.15, 0.2) is 6.20 Å². The van der Waals surface area contributed by atoms with Crippen molar-refractivity contribution in [3.8, 4) is 0 Å². The number of hydrogen-bond donors (Lipinski definition) is 1. The Labute approximate surface area is 144 Å². The molecule has 24 heavy (non-hydrogen) atoms. The Morgan fingerprint density at radius 1 is 1.42 bits per heavy atom. The van der Waals surface area contributed by atoms with Crippen LogP contribution >= 0.6 is 11.3 Å². The molecule has 128 valence electrons. The van der Waals surface area contributed by atoms with Crippen LogP contribution in [0.3, 0.4) is 0 Å². The fourth-order valence-electron chi connectivity index (χ4n) is 3.32. The number of nitrogens with zero attached hydrogens (tertiary/aromatic N) is 4. The smallest absolute Gasteiger partial charge is 0.279 e. The van der Waals surface area contributed by atoms with Crippen molar-refractivity contribution in [2.75, 3.05) is 18.5 Å². The van der Waals surface area contributed by atoms with E-state index in [0.717, 1.165) is 44.6 Å². The fraction of sp³-hybridized carbons (Fsp3) is 0.625. The minimum atomic E-state index is -0.251. The van der Waals surface area contributed by atoms with Gasteiger partial charge in [0.05, 0.1) is 17.9 Å². The summed E-state index contributed by atoms with van der Waals surface area (Å²) in [5.74, 6) is -0.251. The standard InChI is InChI=1S/C16H21N5O2S/c1-16(2)6-3-12-13(16)17-15(24-12)18-14(22)11-9-21(20-19-11)10-4-7-23-8-5-10/h9-10H,3-8H2,1-2H3,(H,17,18,22). The van der Waals surface area contributed by atoms with Crippen molar-refractivity contribution in [3.63, 3.8) is 0 Å². The molecule has 0 unspecified atom stereocenters. The number of amides is 1. The molecule has 2 aliphatic rings. The van der Waals surface area contributed by atoms with Crippen LogP contribution < -0.4 is 5.32 Å². The molecular formula is C16H21N5O2S. The second-order valence-electron chi connectivity index (χ2n) is 7.06. The van der Waals surface area contributed by atoms with Crippen LogP contribution in [-0.4, -0.2) is 39.1 Å². The van der Waals surface area contributed by atoms with Gasteiger partial charge in [0.1, 0.15) is 0 Å². The minimum absolute atomic E-state index is 0.0982. The normalized spacial score (nSPS) is 20.1. The van der Waals surface area contributed by atoms with E-state index in [1.807, 2.05) is 0 Å². The monoisotopic (exact) mass is 347 g/mol. The van der Waals surface area contributed by atoms with Crippen molar-refractivity contribution >= 4 is 22.4 Å². The zero-order valence-corrected chi connectivity index (χ0v) is 14.7. The lowest BCUT2D eigenvalue weighted by Crippen LogP contribution is -2.20. The van der Waals surface area contributed by atoms with Crippen LogP contribution in [0.2, 0.25) is 0 Å². The summed E-state index contributed by atoms with van der Waals surface area (Å²) in [7, 11) is 0. The Kier molecular flexibility index (Phi) is 3.88. The lowest BCUT2D eigenvalue weighted by atomic mass is 9.91. The minimum Gasteiger partial charge on any atom is -0.381 e. The molecule has 1 fully saturated rings. The molecule has 2 aromatic heterocycles. The topological polar surface area (TPSA) is 81.9 Å². The van der Waals surface area contributed by atoms with E-state index in [9.17, 15) is 4.79 Å². The molecule has 0 saturated carbocycles. The molecule has 0 atom stereocenters. The summed E-state index contributed by atoms with van der Waals surface area (Å²) in [5.41, 5.74) is 1.55. The first kappa shape index (κ1) is 15.7. The molecule has 1 N–H and O–H groups in total. The number of rotatable bonds is 3. The molecule has 0 radical (unpaired) electrons. The van der Waals surface area contributed by atoms with Crippen LogP contribution in [0, 0.1) is 0 Å². The molecule has 3 heterocycles. The van der Waals surface area contributed by atoms with Gasteiger partial charge >= 0.3 is 0 Å². The van der Waals surface area contributed by atoms with Crippen molar-refractivity contribution in [2.45, 2.75) is 51.0 Å². The summed E-state index contributed by atoms with van der Waals surface area (Å²) in [4.78, 5) is 18.3. The number of carbonyl (C=O) groups is 1. The summed E-state index contributed by atoms with van der Waals surface area (Å²) in [6.45, 7) is 5.85. The van der Waals surface area contributed by atoms with Crippen LogP contribution in [0.25, 0.3) is 0 Å². The zero-order valence-electron chi connectivity index (χ0n) is 13.9. The fourth-order valence-corrected chi connectivity index (χ4v) is 4.45. The highest BCUT2D eigenvalue weighted by molar-refractivity contribution is 7.16. The van der Waals surface area contributed by atoms with E-state index in [-0.39, 0.29) is 17.4 Å². The van der Waals surface area contributed by atoms with Crippen LogP contribution in [-0.2, 0) is 16.6 Å². The van der Waals surface area contributed by atoms with Gasteiger partial charge in [-0.05, 0) is 25.7 Å². The predicted octanol–water partition coefficient (Wildman–Crippen LogP) is 2.56. The maximum Gasteiger partial charge on any atom is 0.279 e. The summed E-state index contributed by atoms with van der Waals surface area (Å²) in [6.07, 6.45) is 5.68. The molecule has 1 aliphatic heterocycles. The summed E-state index contributed by atoms with van der Waals surface area (Å²) in [5, 5.41) is 11.6. The third kappa shape index (κ3) is 2.84. The van der Waals surface area contributed by atoms with Gasteiger partial charge in [-0.1, -0.05) is 19.1 Å². The lowest BCUT2D eigenvalue weighted by Gasteiger charge is -2.21. The number of anilines is 1. The number of thiazole rings is 1. The molecule has 7 nitrogen and oxygen atoms in total. The maximum absolute atomic E-state index is 12.4. The quantitative estimate of drug-likeness (QED) is 0.923. The predicted molar refractivity (Wildman–Crippen MR) is 90.5 cm³/mol. The number of ether oxygens (including phenoxy) is 1. The summed E-state index contributed by atoms with van der Waals surface area (Å²) in [6, 6.07) is 0.261. The van der Waals surface area contributed by atoms with Crippen molar-refractivity contribution in [1.82, 2.24) is 20.0 Å². The molecule has 1 aliphatic carbocycles. The second-order valence-corrected chi connectivity index (χ2v) is 8.14. The van der Waals surface area contributed by atoms with E-state index in [1.54, 1.807) is 22.2 Å². The van der Waals surface area contributed by atoms with Gasteiger partial charge < -0.3 is 4.74 Å². The van der Waals surface area contributed by atoms with E-state index in [4.69, 9.17) is 4.74 Å². The lowest BCUT2D eigenvalue weighted by molar-refractivity contribution is 0.0657. The number of nitrogens with one attached hydrogen (secondary N) is 1. The van der Waals surface area contributed by atoms with Gasteiger partial charge in [-0.15, -0.1) is 16.4 Å². The third-order valence-corrected chi connectivity index (χ3v) is 5.87. The molecule has 0 aromatic carbocycles. The van der Waals surface area contributed by atoms with Gasteiger partial charge in [0.25, 0.3) is 5.91 Å². The molecular weight excluding hydrogens is 326 g/mol. The van der Waals surface area contributed by atoms with Gasteiger partial charge in [-0.25, -0.2) is 9.67 Å². The highest BCUT2D eigenvalue weighted by Crippen LogP contribution is 2.42. The first-order valence-corrected chi connectivity index (χ1v) is 9.16. The van der Waals surface area contributed by atoms with Crippen LogP contribution in [0.4, 0.5) is 5.13 Å². The third-order valence-electron chi connectivity index (χ3n) is 4.84. The maximum atomic E-state index is 12.4. The number of aromatic nitrogens is 4. The highest BCUT2D eigenvalue weighted by Gasteiger charge is 2.34. The molecule has 8 heteroatoms.